The molecule has 1 aliphatic carbocycles. The summed E-state index contributed by atoms with van der Waals surface area (Å²) in [6, 6.07) is 0.126. The minimum absolute atomic E-state index is 0.0118. The average molecular weight is 242 g/mol. The van der Waals surface area contributed by atoms with Gasteiger partial charge in [-0.1, -0.05) is 27.2 Å². The Hall–Kier alpha value is -0.770. The van der Waals surface area contributed by atoms with E-state index in [9.17, 15) is 4.79 Å². The lowest BCUT2D eigenvalue weighted by Crippen LogP contribution is -2.49. The molecule has 3 N–H and O–H groups in total. The van der Waals surface area contributed by atoms with Crippen LogP contribution in [0.4, 0.5) is 4.79 Å². The Morgan fingerprint density at radius 1 is 1.41 bits per heavy atom. The maximum absolute atomic E-state index is 11.6. The summed E-state index contributed by atoms with van der Waals surface area (Å²) in [5, 5.41) is 14.4. The molecule has 0 heterocycles. The number of rotatable bonds is 4. The van der Waals surface area contributed by atoms with Crippen molar-refractivity contribution in [1.29, 1.82) is 0 Å². The Balaban J connectivity index is 2.48. The van der Waals surface area contributed by atoms with Crippen LogP contribution in [0, 0.1) is 17.8 Å². The van der Waals surface area contributed by atoms with Gasteiger partial charge in [0.2, 0.25) is 0 Å². The second-order valence-electron chi connectivity index (χ2n) is 5.56. The zero-order valence-electron chi connectivity index (χ0n) is 11.2. The number of carbonyl (C=O) groups excluding carboxylic acids is 1. The Morgan fingerprint density at radius 3 is 2.71 bits per heavy atom. The molecule has 4 nitrogen and oxygen atoms in total. The molecule has 4 heteroatoms. The quantitative estimate of drug-likeness (QED) is 0.703. The number of urea groups is 1. The fourth-order valence-electron chi connectivity index (χ4n) is 2.76. The first-order valence-corrected chi connectivity index (χ1v) is 6.69. The zero-order chi connectivity index (χ0) is 12.8. The predicted molar refractivity (Wildman–Crippen MR) is 68.8 cm³/mol. The molecule has 0 spiro atoms. The molecule has 0 aromatic carbocycles. The van der Waals surface area contributed by atoms with E-state index < -0.39 is 0 Å². The number of amides is 2. The molecule has 2 amide bonds. The van der Waals surface area contributed by atoms with E-state index in [0.717, 1.165) is 6.42 Å². The van der Waals surface area contributed by atoms with Gasteiger partial charge in [0.1, 0.15) is 0 Å². The topological polar surface area (TPSA) is 61.4 Å². The highest BCUT2D eigenvalue weighted by Crippen LogP contribution is 2.33. The molecule has 1 rings (SSSR count). The molecule has 0 radical (unpaired) electrons. The minimum atomic E-state index is -0.149. The van der Waals surface area contributed by atoms with E-state index in [4.69, 9.17) is 5.11 Å². The normalized spacial score (nSPS) is 29.1. The van der Waals surface area contributed by atoms with Crippen LogP contribution in [0.15, 0.2) is 0 Å². The highest BCUT2D eigenvalue weighted by molar-refractivity contribution is 5.74. The van der Waals surface area contributed by atoms with Gasteiger partial charge in [-0.15, -0.1) is 0 Å². The maximum Gasteiger partial charge on any atom is 0.315 e. The van der Waals surface area contributed by atoms with E-state index in [1.165, 1.54) is 12.8 Å². The SMILES string of the molecule is CC(C)[C@@H]1CC[C@@H](C)C[C@@H]1NC(=O)NCCO. The summed E-state index contributed by atoms with van der Waals surface area (Å²) >= 11 is 0. The Labute approximate surface area is 104 Å². The van der Waals surface area contributed by atoms with Gasteiger partial charge < -0.3 is 15.7 Å². The van der Waals surface area contributed by atoms with E-state index in [0.29, 0.717) is 24.3 Å². The molecule has 100 valence electrons. The largest absolute Gasteiger partial charge is 0.395 e. The number of hydrogen-bond acceptors (Lipinski definition) is 2. The van der Waals surface area contributed by atoms with Crippen LogP contribution < -0.4 is 10.6 Å². The highest BCUT2D eigenvalue weighted by atomic mass is 16.3. The average Bonchev–Trinajstić information content (AvgIpc) is 2.26. The zero-order valence-corrected chi connectivity index (χ0v) is 11.2. The summed E-state index contributed by atoms with van der Waals surface area (Å²) in [7, 11) is 0. The van der Waals surface area contributed by atoms with Crippen LogP contribution in [0.1, 0.15) is 40.0 Å². The predicted octanol–water partition coefficient (Wildman–Crippen LogP) is 1.74. The summed E-state index contributed by atoms with van der Waals surface area (Å²) in [5.41, 5.74) is 0. The summed E-state index contributed by atoms with van der Waals surface area (Å²) in [6.45, 7) is 7.00. The van der Waals surface area contributed by atoms with Crippen molar-refractivity contribution >= 4 is 6.03 Å². The molecule has 17 heavy (non-hydrogen) atoms. The fourth-order valence-corrected chi connectivity index (χ4v) is 2.76. The van der Waals surface area contributed by atoms with E-state index in [-0.39, 0.29) is 18.7 Å². The van der Waals surface area contributed by atoms with E-state index >= 15 is 0 Å². The molecule has 0 aromatic heterocycles. The standard InChI is InChI=1S/C13H26N2O2/c1-9(2)11-5-4-10(3)8-12(11)15-13(17)14-6-7-16/h9-12,16H,4-8H2,1-3H3,(H2,14,15,17)/t10-,11+,12+/m1/s1. The van der Waals surface area contributed by atoms with Gasteiger partial charge in [0.05, 0.1) is 6.61 Å². The number of nitrogens with one attached hydrogen (secondary N) is 2. The van der Waals surface area contributed by atoms with Gasteiger partial charge in [0.15, 0.2) is 0 Å². The smallest absolute Gasteiger partial charge is 0.315 e. The maximum atomic E-state index is 11.6. The van der Waals surface area contributed by atoms with Crippen LogP contribution in [0.5, 0.6) is 0 Å². The lowest BCUT2D eigenvalue weighted by atomic mass is 9.74. The third-order valence-corrected chi connectivity index (χ3v) is 3.74. The lowest BCUT2D eigenvalue weighted by molar-refractivity contribution is 0.167. The monoisotopic (exact) mass is 242 g/mol. The number of carbonyl (C=O) groups is 1. The highest BCUT2D eigenvalue weighted by Gasteiger charge is 2.31. The van der Waals surface area contributed by atoms with Crippen molar-refractivity contribution in [2.45, 2.75) is 46.1 Å². The van der Waals surface area contributed by atoms with Crippen molar-refractivity contribution in [2.75, 3.05) is 13.2 Å². The van der Waals surface area contributed by atoms with Crippen molar-refractivity contribution in [3.63, 3.8) is 0 Å². The Bertz CT molecular complexity index is 244. The Morgan fingerprint density at radius 2 is 2.12 bits per heavy atom. The minimum Gasteiger partial charge on any atom is -0.395 e. The fraction of sp³-hybridized carbons (Fsp3) is 0.923. The second kappa shape index (κ2) is 6.84. The van der Waals surface area contributed by atoms with Crippen LogP contribution in [0.25, 0.3) is 0 Å². The molecule has 0 unspecified atom stereocenters. The van der Waals surface area contributed by atoms with Crippen LogP contribution in [0.2, 0.25) is 0 Å². The van der Waals surface area contributed by atoms with Gasteiger partial charge in [0.25, 0.3) is 0 Å². The van der Waals surface area contributed by atoms with Crippen molar-refractivity contribution < 1.29 is 9.90 Å². The Kier molecular flexibility index (Phi) is 5.75. The third-order valence-electron chi connectivity index (χ3n) is 3.74. The molecule has 0 aromatic rings. The molecule has 1 saturated carbocycles. The van der Waals surface area contributed by atoms with Crippen LogP contribution in [0.3, 0.4) is 0 Å². The van der Waals surface area contributed by atoms with Gasteiger partial charge >= 0.3 is 6.03 Å². The van der Waals surface area contributed by atoms with Gasteiger partial charge in [-0.2, -0.15) is 0 Å². The van der Waals surface area contributed by atoms with Crippen LogP contribution >= 0.6 is 0 Å². The van der Waals surface area contributed by atoms with E-state index in [1.807, 2.05) is 0 Å². The van der Waals surface area contributed by atoms with Crippen molar-refractivity contribution in [1.82, 2.24) is 10.6 Å². The molecular weight excluding hydrogens is 216 g/mol. The van der Waals surface area contributed by atoms with Gasteiger partial charge in [-0.25, -0.2) is 4.79 Å². The summed E-state index contributed by atoms with van der Waals surface area (Å²) < 4.78 is 0. The first-order chi connectivity index (χ1) is 8.04. The van der Waals surface area contributed by atoms with Gasteiger partial charge in [-0.05, 0) is 30.6 Å². The summed E-state index contributed by atoms with van der Waals surface area (Å²) in [6.07, 6.45) is 3.53. The molecular formula is C13H26N2O2. The molecule has 0 bridgehead atoms. The van der Waals surface area contributed by atoms with Crippen LogP contribution in [-0.4, -0.2) is 30.3 Å². The molecule has 1 aliphatic rings. The van der Waals surface area contributed by atoms with E-state index in [1.54, 1.807) is 0 Å². The third kappa shape index (κ3) is 4.54. The number of hydrogen-bond donors (Lipinski definition) is 3. The van der Waals surface area contributed by atoms with Crippen molar-refractivity contribution in [2.24, 2.45) is 17.8 Å². The first kappa shape index (κ1) is 14.3. The van der Waals surface area contributed by atoms with Gasteiger partial charge in [0, 0.05) is 12.6 Å². The molecule has 0 saturated heterocycles. The number of aliphatic hydroxyl groups excluding tert-OH is 1. The first-order valence-electron chi connectivity index (χ1n) is 6.69. The molecule has 1 fully saturated rings. The summed E-state index contributed by atoms with van der Waals surface area (Å²) in [4.78, 5) is 11.6. The molecule has 3 atom stereocenters. The second-order valence-corrected chi connectivity index (χ2v) is 5.56. The van der Waals surface area contributed by atoms with Crippen LogP contribution in [-0.2, 0) is 0 Å². The molecule has 0 aliphatic heterocycles. The lowest BCUT2D eigenvalue weighted by Gasteiger charge is -2.37. The van der Waals surface area contributed by atoms with Crippen molar-refractivity contribution in [3.05, 3.63) is 0 Å². The number of aliphatic hydroxyl groups is 1. The van der Waals surface area contributed by atoms with Gasteiger partial charge in [-0.3, -0.25) is 0 Å². The summed E-state index contributed by atoms with van der Waals surface area (Å²) in [5.74, 6) is 1.87. The van der Waals surface area contributed by atoms with Crippen molar-refractivity contribution in [3.8, 4) is 0 Å². The van der Waals surface area contributed by atoms with E-state index in [2.05, 4.69) is 31.4 Å².